The first kappa shape index (κ1) is 28.1. The number of para-hydroxylation sites is 1. The second-order valence-electron chi connectivity index (χ2n) is 10.1. The van der Waals surface area contributed by atoms with Gasteiger partial charge >= 0.3 is 0 Å². The Labute approximate surface area is 241 Å². The van der Waals surface area contributed by atoms with Crippen LogP contribution in [0.1, 0.15) is 36.6 Å². The number of anilines is 2. The number of aromatic nitrogens is 1. The second-order valence-corrected chi connectivity index (χ2v) is 10.1. The predicted octanol–water partition coefficient (Wildman–Crippen LogP) is 5.64. The Balaban J connectivity index is 0.999. The lowest BCUT2D eigenvalue weighted by Crippen LogP contribution is -2.27. The molecule has 0 radical (unpaired) electrons. The molecule has 4 aromatic rings. The molecule has 212 valence electrons. The highest BCUT2D eigenvalue weighted by molar-refractivity contribution is 5.90. The fourth-order valence-electron chi connectivity index (χ4n) is 5.02. The Morgan fingerprint density at radius 1 is 0.927 bits per heavy atom. The number of benzene rings is 3. The molecule has 1 amide bonds. The Hall–Kier alpha value is -4.43. The molecule has 0 saturated heterocycles. The van der Waals surface area contributed by atoms with Gasteiger partial charge in [-0.3, -0.25) is 20.1 Å². The quantitative estimate of drug-likeness (QED) is 0.124. The van der Waals surface area contributed by atoms with Crippen molar-refractivity contribution in [3.8, 4) is 5.75 Å². The number of nitrogens with one attached hydrogen (secondary N) is 3. The maximum Gasteiger partial charge on any atom is 0.209 e. The van der Waals surface area contributed by atoms with E-state index in [1.807, 2.05) is 53.6 Å². The molecule has 3 N–H and O–H groups in total. The summed E-state index contributed by atoms with van der Waals surface area (Å²) in [5.74, 6) is 0.806. The lowest BCUT2D eigenvalue weighted by atomic mass is 10.1. The number of fused-ring (bicyclic) bond motifs is 2. The van der Waals surface area contributed by atoms with Gasteiger partial charge < -0.3 is 20.3 Å². The van der Waals surface area contributed by atoms with Crippen molar-refractivity contribution in [2.45, 2.75) is 31.8 Å². The van der Waals surface area contributed by atoms with Crippen LogP contribution in [-0.2, 0) is 11.2 Å². The first-order valence-electron chi connectivity index (χ1n) is 14.4. The Morgan fingerprint density at radius 2 is 1.78 bits per heavy atom. The smallest absolute Gasteiger partial charge is 0.209 e. The summed E-state index contributed by atoms with van der Waals surface area (Å²) < 4.78 is 6.01. The molecule has 3 aromatic carbocycles. The second kappa shape index (κ2) is 14.8. The summed E-state index contributed by atoms with van der Waals surface area (Å²) in [4.78, 5) is 22.4. The highest BCUT2D eigenvalue weighted by atomic mass is 16.5. The molecule has 8 nitrogen and oxygen atoms in total. The zero-order valence-corrected chi connectivity index (χ0v) is 23.3. The van der Waals surface area contributed by atoms with Crippen LogP contribution in [0.3, 0.4) is 0 Å². The third-order valence-corrected chi connectivity index (χ3v) is 7.18. The zero-order valence-electron chi connectivity index (χ0n) is 23.3. The summed E-state index contributed by atoms with van der Waals surface area (Å²) in [7, 11) is 0. The van der Waals surface area contributed by atoms with E-state index >= 15 is 0 Å². The van der Waals surface area contributed by atoms with Crippen LogP contribution in [-0.4, -0.2) is 55.4 Å². The van der Waals surface area contributed by atoms with Crippen LogP contribution in [0.5, 0.6) is 5.75 Å². The van der Waals surface area contributed by atoms with E-state index in [0.717, 1.165) is 78.8 Å². The minimum absolute atomic E-state index is 0.0657. The van der Waals surface area contributed by atoms with E-state index in [1.54, 1.807) is 6.34 Å². The lowest BCUT2D eigenvalue weighted by molar-refractivity contribution is -0.118. The largest absolute Gasteiger partial charge is 0.493 e. The fourth-order valence-corrected chi connectivity index (χ4v) is 5.02. The average molecular weight is 551 g/mol. The molecule has 41 heavy (non-hydrogen) atoms. The van der Waals surface area contributed by atoms with Gasteiger partial charge in [-0.05, 0) is 62.1 Å². The van der Waals surface area contributed by atoms with Gasteiger partial charge in [-0.1, -0.05) is 48.5 Å². The number of aliphatic imine (C=N–C) groups is 1. The van der Waals surface area contributed by atoms with Gasteiger partial charge in [0.1, 0.15) is 11.9 Å². The summed E-state index contributed by atoms with van der Waals surface area (Å²) >= 11 is 0. The van der Waals surface area contributed by atoms with E-state index in [2.05, 4.69) is 62.3 Å². The van der Waals surface area contributed by atoms with Gasteiger partial charge in [0, 0.05) is 54.2 Å². The van der Waals surface area contributed by atoms with Gasteiger partial charge in [0.15, 0.2) is 0 Å². The SMILES string of the molecule is O=CN(CCCNc1ccnc2ccccc12)CCCOc1ccc2c(c1)NC=NC2NCCCc1ccccc1. The van der Waals surface area contributed by atoms with Gasteiger partial charge in [0.05, 0.1) is 18.5 Å². The van der Waals surface area contributed by atoms with E-state index in [9.17, 15) is 4.79 Å². The molecule has 8 heteroatoms. The molecule has 2 heterocycles. The number of hydrogen-bond donors (Lipinski definition) is 3. The number of pyridine rings is 1. The zero-order chi connectivity index (χ0) is 28.1. The van der Waals surface area contributed by atoms with Gasteiger partial charge in [0.25, 0.3) is 0 Å². The Bertz CT molecular complexity index is 1420. The minimum Gasteiger partial charge on any atom is -0.493 e. The standard InChI is InChI=1S/C33H38N6O2/c40-25-39(20-7-18-34-31-16-19-35-30-13-5-4-12-28(30)31)21-8-22-41-27-14-15-29-32(23-27)37-24-38-33(29)36-17-6-11-26-9-2-1-3-10-26/h1-5,9-10,12-16,19,23-25,33,36H,6-8,11,17-18,20-22H2,(H,34,35)(H,37,38). The number of carbonyl (C=O) groups excluding carboxylic acids is 1. The van der Waals surface area contributed by atoms with E-state index in [1.165, 1.54) is 5.56 Å². The summed E-state index contributed by atoms with van der Waals surface area (Å²) in [6.45, 7) is 3.56. The lowest BCUT2D eigenvalue weighted by Gasteiger charge is -2.23. The highest BCUT2D eigenvalue weighted by Gasteiger charge is 2.17. The molecule has 0 saturated carbocycles. The van der Waals surface area contributed by atoms with Crippen LogP contribution in [0.2, 0.25) is 0 Å². The molecular weight excluding hydrogens is 512 g/mol. The van der Waals surface area contributed by atoms with Crippen molar-refractivity contribution in [1.29, 1.82) is 0 Å². The monoisotopic (exact) mass is 550 g/mol. The van der Waals surface area contributed by atoms with E-state index < -0.39 is 0 Å². The summed E-state index contributed by atoms with van der Waals surface area (Å²) in [6, 6.07) is 26.7. The number of ether oxygens (including phenoxy) is 1. The number of hydrogen-bond acceptors (Lipinski definition) is 7. The van der Waals surface area contributed by atoms with Crippen molar-refractivity contribution in [3.63, 3.8) is 0 Å². The molecule has 1 atom stereocenters. The van der Waals surface area contributed by atoms with Crippen LogP contribution in [0.4, 0.5) is 11.4 Å². The fraction of sp³-hybridized carbons (Fsp3) is 0.303. The molecule has 0 spiro atoms. The average Bonchev–Trinajstić information content (AvgIpc) is 3.02. The number of amides is 1. The van der Waals surface area contributed by atoms with Crippen LogP contribution in [0.25, 0.3) is 10.9 Å². The van der Waals surface area contributed by atoms with Crippen LogP contribution >= 0.6 is 0 Å². The van der Waals surface area contributed by atoms with Crippen LogP contribution in [0, 0.1) is 0 Å². The number of rotatable bonds is 16. The molecule has 0 bridgehead atoms. The summed E-state index contributed by atoms with van der Waals surface area (Å²) in [5.41, 5.74) is 5.51. The third kappa shape index (κ3) is 8.05. The summed E-state index contributed by atoms with van der Waals surface area (Å²) in [5, 5.41) is 11.4. The number of aryl methyl sites for hydroxylation is 1. The number of nitrogens with zero attached hydrogens (tertiary/aromatic N) is 3. The Morgan fingerprint density at radius 3 is 2.68 bits per heavy atom. The summed E-state index contributed by atoms with van der Waals surface area (Å²) in [6.07, 6.45) is 8.14. The number of carbonyl (C=O) groups is 1. The molecular formula is C33H38N6O2. The van der Waals surface area contributed by atoms with Crippen molar-refractivity contribution in [2.75, 3.05) is 43.4 Å². The normalized spacial score (nSPS) is 13.8. The first-order valence-corrected chi connectivity index (χ1v) is 14.4. The molecule has 1 aromatic heterocycles. The van der Waals surface area contributed by atoms with Crippen molar-refractivity contribution in [2.24, 2.45) is 4.99 Å². The highest BCUT2D eigenvalue weighted by Crippen LogP contribution is 2.30. The van der Waals surface area contributed by atoms with Gasteiger partial charge in [-0.25, -0.2) is 0 Å². The van der Waals surface area contributed by atoms with Gasteiger partial charge in [-0.2, -0.15) is 0 Å². The maximum absolute atomic E-state index is 11.6. The van der Waals surface area contributed by atoms with E-state index in [-0.39, 0.29) is 6.17 Å². The third-order valence-electron chi connectivity index (χ3n) is 7.18. The molecule has 0 fully saturated rings. The van der Waals surface area contributed by atoms with Crippen molar-refractivity contribution < 1.29 is 9.53 Å². The molecule has 5 rings (SSSR count). The van der Waals surface area contributed by atoms with Gasteiger partial charge in [0.2, 0.25) is 6.41 Å². The van der Waals surface area contributed by atoms with Gasteiger partial charge in [-0.15, -0.1) is 0 Å². The molecule has 1 aliphatic heterocycles. The molecule has 0 aliphatic carbocycles. The van der Waals surface area contributed by atoms with Crippen molar-refractivity contribution >= 4 is 35.0 Å². The minimum atomic E-state index is -0.0657. The van der Waals surface area contributed by atoms with Crippen molar-refractivity contribution in [3.05, 3.63) is 96.2 Å². The topological polar surface area (TPSA) is 90.9 Å². The van der Waals surface area contributed by atoms with Crippen molar-refractivity contribution in [1.82, 2.24) is 15.2 Å². The predicted molar refractivity (Wildman–Crippen MR) is 167 cm³/mol. The first-order chi connectivity index (χ1) is 20.3. The van der Waals surface area contributed by atoms with Crippen LogP contribution in [0.15, 0.2) is 90.1 Å². The van der Waals surface area contributed by atoms with E-state index in [0.29, 0.717) is 19.7 Å². The maximum atomic E-state index is 11.6. The Kier molecular flexibility index (Phi) is 10.2. The molecule has 1 aliphatic rings. The van der Waals surface area contributed by atoms with Crippen LogP contribution < -0.4 is 20.7 Å². The molecule has 1 unspecified atom stereocenters. The van der Waals surface area contributed by atoms with E-state index in [4.69, 9.17) is 4.74 Å².